The summed E-state index contributed by atoms with van der Waals surface area (Å²) in [4.78, 5) is 15.3. The van der Waals surface area contributed by atoms with Gasteiger partial charge in [-0.2, -0.15) is 0 Å². The van der Waals surface area contributed by atoms with E-state index in [1.807, 2.05) is 11.9 Å². The molecule has 0 aromatic carbocycles. The summed E-state index contributed by atoms with van der Waals surface area (Å²) in [6.45, 7) is 2.04. The van der Waals surface area contributed by atoms with Crippen molar-refractivity contribution in [2.24, 2.45) is 0 Å². The van der Waals surface area contributed by atoms with Crippen LogP contribution in [0.3, 0.4) is 0 Å². The van der Waals surface area contributed by atoms with Crippen LogP contribution in [0.1, 0.15) is 25.7 Å². The Labute approximate surface area is 102 Å². The molecule has 0 aromatic heterocycles. The van der Waals surface area contributed by atoms with Gasteiger partial charge in [0.25, 0.3) is 0 Å². The standard InChI is InChI=1S/C11H19N3OS/c1-13-6-7-14(8-10(13)15)11(16)12-9-4-2-3-5-9/h9H,2-8H2,1H3,(H,12,16). The number of thiocarbonyl (C=S) groups is 1. The summed E-state index contributed by atoms with van der Waals surface area (Å²) < 4.78 is 0. The van der Waals surface area contributed by atoms with Crippen LogP contribution in [0.2, 0.25) is 0 Å². The van der Waals surface area contributed by atoms with Crippen LogP contribution in [0.25, 0.3) is 0 Å². The van der Waals surface area contributed by atoms with E-state index in [-0.39, 0.29) is 5.91 Å². The molecule has 1 aliphatic heterocycles. The molecule has 5 heteroatoms. The van der Waals surface area contributed by atoms with Crippen molar-refractivity contribution in [2.45, 2.75) is 31.7 Å². The first-order chi connectivity index (χ1) is 7.66. The summed E-state index contributed by atoms with van der Waals surface area (Å²) in [6.07, 6.45) is 5.01. The quantitative estimate of drug-likeness (QED) is 0.681. The van der Waals surface area contributed by atoms with Crippen LogP contribution in [0, 0.1) is 0 Å². The second-order valence-electron chi connectivity index (χ2n) is 4.67. The molecule has 0 aromatic rings. The molecule has 1 N–H and O–H groups in total. The van der Waals surface area contributed by atoms with Gasteiger partial charge in [0.05, 0.1) is 6.54 Å². The van der Waals surface area contributed by atoms with Gasteiger partial charge in [-0.05, 0) is 25.1 Å². The average Bonchev–Trinajstić information content (AvgIpc) is 2.74. The maximum absolute atomic E-state index is 11.5. The molecule has 0 radical (unpaired) electrons. The van der Waals surface area contributed by atoms with Gasteiger partial charge in [-0.1, -0.05) is 12.8 Å². The Morgan fingerprint density at radius 3 is 2.69 bits per heavy atom. The maximum atomic E-state index is 11.5. The third-order valence-corrected chi connectivity index (χ3v) is 3.80. The Bertz CT molecular complexity index is 289. The number of nitrogens with one attached hydrogen (secondary N) is 1. The molecule has 1 amide bonds. The fraction of sp³-hybridized carbons (Fsp3) is 0.818. The molecular formula is C11H19N3OS. The largest absolute Gasteiger partial charge is 0.360 e. The second kappa shape index (κ2) is 4.99. The lowest BCUT2D eigenvalue weighted by Gasteiger charge is -2.34. The van der Waals surface area contributed by atoms with Crippen molar-refractivity contribution in [1.82, 2.24) is 15.1 Å². The number of amides is 1. The Hall–Kier alpha value is -0.840. The average molecular weight is 241 g/mol. The lowest BCUT2D eigenvalue weighted by molar-refractivity contribution is -0.132. The zero-order valence-electron chi connectivity index (χ0n) is 9.74. The lowest BCUT2D eigenvalue weighted by Crippen LogP contribution is -2.54. The first-order valence-corrected chi connectivity index (χ1v) is 6.37. The third-order valence-electron chi connectivity index (χ3n) is 3.43. The number of hydrogen-bond acceptors (Lipinski definition) is 2. The van der Waals surface area contributed by atoms with Crippen molar-refractivity contribution in [3.8, 4) is 0 Å². The number of carbonyl (C=O) groups excluding carboxylic acids is 1. The fourth-order valence-corrected chi connectivity index (χ4v) is 2.59. The van der Waals surface area contributed by atoms with Crippen LogP contribution < -0.4 is 5.32 Å². The van der Waals surface area contributed by atoms with E-state index in [1.54, 1.807) is 4.90 Å². The highest BCUT2D eigenvalue weighted by atomic mass is 32.1. The van der Waals surface area contributed by atoms with E-state index in [1.165, 1.54) is 25.7 Å². The zero-order valence-corrected chi connectivity index (χ0v) is 10.6. The third kappa shape index (κ3) is 2.64. The SMILES string of the molecule is CN1CCN(C(=S)NC2CCCC2)CC1=O. The van der Waals surface area contributed by atoms with E-state index < -0.39 is 0 Å². The van der Waals surface area contributed by atoms with Gasteiger partial charge < -0.3 is 15.1 Å². The van der Waals surface area contributed by atoms with Crippen molar-refractivity contribution >= 4 is 23.2 Å². The molecule has 1 saturated carbocycles. The molecule has 16 heavy (non-hydrogen) atoms. The predicted octanol–water partition coefficient (Wildman–Crippen LogP) is 0.577. The van der Waals surface area contributed by atoms with Crippen molar-refractivity contribution in [3.63, 3.8) is 0 Å². The molecule has 0 bridgehead atoms. The summed E-state index contributed by atoms with van der Waals surface area (Å²) in [5, 5.41) is 4.13. The predicted molar refractivity (Wildman–Crippen MR) is 67.2 cm³/mol. The lowest BCUT2D eigenvalue weighted by atomic mass is 10.2. The highest BCUT2D eigenvalue weighted by Crippen LogP contribution is 2.18. The van der Waals surface area contributed by atoms with Crippen molar-refractivity contribution in [3.05, 3.63) is 0 Å². The van der Waals surface area contributed by atoms with Crippen LogP contribution in [0.15, 0.2) is 0 Å². The number of piperazine rings is 1. The molecule has 0 atom stereocenters. The molecule has 2 aliphatic rings. The number of carbonyl (C=O) groups is 1. The van der Waals surface area contributed by atoms with Gasteiger partial charge in [0, 0.05) is 26.2 Å². The first kappa shape index (κ1) is 11.6. The maximum Gasteiger partial charge on any atom is 0.241 e. The Morgan fingerprint density at radius 2 is 2.06 bits per heavy atom. The van der Waals surface area contributed by atoms with E-state index in [4.69, 9.17) is 12.2 Å². The summed E-state index contributed by atoms with van der Waals surface area (Å²) >= 11 is 5.35. The highest BCUT2D eigenvalue weighted by Gasteiger charge is 2.24. The van der Waals surface area contributed by atoms with Crippen molar-refractivity contribution < 1.29 is 4.79 Å². The monoisotopic (exact) mass is 241 g/mol. The summed E-state index contributed by atoms with van der Waals surface area (Å²) in [6, 6.07) is 0.530. The van der Waals surface area contributed by atoms with Crippen LogP contribution in [-0.4, -0.2) is 53.5 Å². The minimum Gasteiger partial charge on any atom is -0.360 e. The second-order valence-corrected chi connectivity index (χ2v) is 5.05. The molecular weight excluding hydrogens is 222 g/mol. The molecule has 1 saturated heterocycles. The van der Waals surface area contributed by atoms with E-state index in [0.29, 0.717) is 12.6 Å². The topological polar surface area (TPSA) is 35.6 Å². The molecule has 2 rings (SSSR count). The number of rotatable bonds is 1. The number of nitrogens with zero attached hydrogens (tertiary/aromatic N) is 2. The van der Waals surface area contributed by atoms with Gasteiger partial charge in [0.15, 0.2) is 5.11 Å². The van der Waals surface area contributed by atoms with E-state index in [0.717, 1.165) is 18.2 Å². The minimum absolute atomic E-state index is 0.154. The number of hydrogen-bond donors (Lipinski definition) is 1. The van der Waals surface area contributed by atoms with Gasteiger partial charge in [0.2, 0.25) is 5.91 Å². The highest BCUT2D eigenvalue weighted by molar-refractivity contribution is 7.80. The van der Waals surface area contributed by atoms with Crippen LogP contribution >= 0.6 is 12.2 Å². The van der Waals surface area contributed by atoms with E-state index in [2.05, 4.69) is 5.32 Å². The van der Waals surface area contributed by atoms with Crippen molar-refractivity contribution in [2.75, 3.05) is 26.7 Å². The zero-order chi connectivity index (χ0) is 11.5. The van der Waals surface area contributed by atoms with Gasteiger partial charge >= 0.3 is 0 Å². The smallest absolute Gasteiger partial charge is 0.241 e. The Morgan fingerprint density at radius 1 is 1.38 bits per heavy atom. The van der Waals surface area contributed by atoms with Crippen LogP contribution in [-0.2, 0) is 4.79 Å². The van der Waals surface area contributed by atoms with Crippen LogP contribution in [0.5, 0.6) is 0 Å². The molecule has 90 valence electrons. The van der Waals surface area contributed by atoms with Gasteiger partial charge in [-0.25, -0.2) is 0 Å². The van der Waals surface area contributed by atoms with Crippen molar-refractivity contribution in [1.29, 1.82) is 0 Å². The molecule has 4 nitrogen and oxygen atoms in total. The fourth-order valence-electron chi connectivity index (χ4n) is 2.27. The van der Waals surface area contributed by atoms with Crippen LogP contribution in [0.4, 0.5) is 0 Å². The molecule has 0 spiro atoms. The summed E-state index contributed by atoms with van der Waals surface area (Å²) in [5.74, 6) is 0.154. The molecule has 0 unspecified atom stereocenters. The van der Waals surface area contributed by atoms with Gasteiger partial charge in [0.1, 0.15) is 0 Å². The van der Waals surface area contributed by atoms with Gasteiger partial charge in [-0.15, -0.1) is 0 Å². The Balaban J connectivity index is 1.82. The molecule has 2 fully saturated rings. The normalized spacial score (nSPS) is 22.7. The Kier molecular flexibility index (Phi) is 3.63. The van der Waals surface area contributed by atoms with Gasteiger partial charge in [-0.3, -0.25) is 4.79 Å². The summed E-state index contributed by atoms with van der Waals surface area (Å²) in [5.41, 5.74) is 0. The minimum atomic E-state index is 0.154. The first-order valence-electron chi connectivity index (χ1n) is 5.96. The van der Waals surface area contributed by atoms with E-state index >= 15 is 0 Å². The molecule has 1 heterocycles. The molecule has 1 aliphatic carbocycles. The number of likely N-dealkylation sites (N-methyl/N-ethyl adjacent to an activating group) is 1. The summed E-state index contributed by atoms with van der Waals surface area (Å²) in [7, 11) is 1.84. The van der Waals surface area contributed by atoms with E-state index in [9.17, 15) is 4.79 Å².